The number of nitrogens with zero attached hydrogens (tertiary/aromatic N) is 2. The lowest BCUT2D eigenvalue weighted by atomic mass is 9.98. The van der Waals surface area contributed by atoms with E-state index < -0.39 is 12.1 Å². The molecule has 0 spiro atoms. The zero-order chi connectivity index (χ0) is 27.6. The first-order chi connectivity index (χ1) is 18.0. The van der Waals surface area contributed by atoms with Crippen molar-refractivity contribution in [3.8, 4) is 5.88 Å². The number of benzene rings is 2. The van der Waals surface area contributed by atoms with Crippen molar-refractivity contribution in [1.82, 2.24) is 14.9 Å². The summed E-state index contributed by atoms with van der Waals surface area (Å²) >= 11 is 0. The van der Waals surface area contributed by atoms with Crippen molar-refractivity contribution in [1.29, 1.82) is 0 Å². The van der Waals surface area contributed by atoms with Crippen LogP contribution in [0.25, 0.3) is 10.9 Å². The normalized spacial score (nSPS) is 12.9. The van der Waals surface area contributed by atoms with Gasteiger partial charge in [0, 0.05) is 41.0 Å². The van der Waals surface area contributed by atoms with Crippen molar-refractivity contribution >= 4 is 22.8 Å². The van der Waals surface area contributed by atoms with Crippen molar-refractivity contribution < 1.29 is 19.4 Å². The average Bonchev–Trinajstić information content (AvgIpc) is 3.13. The Labute approximate surface area is 223 Å². The first-order valence-electron chi connectivity index (χ1n) is 12.9. The van der Waals surface area contributed by atoms with Gasteiger partial charge < -0.3 is 19.7 Å². The number of amides is 1. The average molecular weight is 514 g/mol. The number of carbonyl (C=O) groups is 2. The van der Waals surface area contributed by atoms with E-state index in [2.05, 4.69) is 54.7 Å². The SMILES string of the molecule is Cc1c(C)n(Cc2ccnc(OC(C)C(=O)O)c2)c2ccc(C(=O)NC(C)c3cccc(C(C)C)c3)cc12. The molecule has 2 aromatic carbocycles. The lowest BCUT2D eigenvalue weighted by molar-refractivity contribution is -0.144. The van der Waals surface area contributed by atoms with Crippen LogP contribution in [0, 0.1) is 13.8 Å². The van der Waals surface area contributed by atoms with Gasteiger partial charge in [-0.3, -0.25) is 4.79 Å². The molecule has 2 atom stereocenters. The Morgan fingerprint density at radius 1 is 1.00 bits per heavy atom. The van der Waals surface area contributed by atoms with Crippen LogP contribution >= 0.6 is 0 Å². The number of aromatic nitrogens is 2. The van der Waals surface area contributed by atoms with Crippen LogP contribution in [0.5, 0.6) is 5.88 Å². The van der Waals surface area contributed by atoms with Crippen LogP contribution in [-0.2, 0) is 11.3 Å². The number of aryl methyl sites for hydroxylation is 1. The highest BCUT2D eigenvalue weighted by molar-refractivity contribution is 5.99. The van der Waals surface area contributed by atoms with Crippen molar-refractivity contribution in [2.75, 3.05) is 0 Å². The van der Waals surface area contributed by atoms with E-state index >= 15 is 0 Å². The number of fused-ring (bicyclic) bond motifs is 1. The molecular formula is C31H35N3O4. The second-order valence-electron chi connectivity index (χ2n) is 10.1. The molecule has 2 heterocycles. The van der Waals surface area contributed by atoms with Gasteiger partial charge in [-0.2, -0.15) is 0 Å². The molecule has 2 N–H and O–H groups in total. The molecule has 4 aromatic rings. The van der Waals surface area contributed by atoms with Gasteiger partial charge in [0.05, 0.1) is 6.04 Å². The molecule has 0 aliphatic rings. The van der Waals surface area contributed by atoms with Crippen molar-refractivity contribution in [2.24, 2.45) is 0 Å². The maximum absolute atomic E-state index is 13.2. The van der Waals surface area contributed by atoms with Crippen molar-refractivity contribution in [3.63, 3.8) is 0 Å². The fourth-order valence-electron chi connectivity index (χ4n) is 4.57. The quantitative estimate of drug-likeness (QED) is 0.279. The third-order valence-electron chi connectivity index (χ3n) is 7.11. The topological polar surface area (TPSA) is 93.5 Å². The first kappa shape index (κ1) is 26.9. The summed E-state index contributed by atoms with van der Waals surface area (Å²) in [4.78, 5) is 28.5. The fraction of sp³-hybridized carbons (Fsp3) is 0.323. The lowest BCUT2D eigenvalue weighted by Gasteiger charge is -2.16. The van der Waals surface area contributed by atoms with E-state index in [1.807, 2.05) is 43.3 Å². The molecule has 2 unspecified atom stereocenters. The number of carboxylic acids is 1. The van der Waals surface area contributed by atoms with Crippen LogP contribution in [0.1, 0.15) is 78.0 Å². The predicted octanol–water partition coefficient (Wildman–Crippen LogP) is 6.17. The number of hydrogen-bond acceptors (Lipinski definition) is 4. The number of hydrogen-bond donors (Lipinski definition) is 2. The molecule has 0 bridgehead atoms. The van der Waals surface area contributed by atoms with Gasteiger partial charge in [0.1, 0.15) is 0 Å². The van der Waals surface area contributed by atoms with Crippen LogP contribution < -0.4 is 10.1 Å². The van der Waals surface area contributed by atoms with Gasteiger partial charge in [-0.15, -0.1) is 0 Å². The van der Waals surface area contributed by atoms with E-state index in [9.17, 15) is 9.59 Å². The summed E-state index contributed by atoms with van der Waals surface area (Å²) in [5.41, 5.74) is 7.11. The summed E-state index contributed by atoms with van der Waals surface area (Å²) in [5.74, 6) is -0.452. The summed E-state index contributed by atoms with van der Waals surface area (Å²) in [6, 6.07) is 17.7. The molecule has 0 aliphatic heterocycles. The maximum atomic E-state index is 13.2. The largest absolute Gasteiger partial charge is 0.479 e. The van der Waals surface area contributed by atoms with Crippen LogP contribution in [-0.4, -0.2) is 32.6 Å². The summed E-state index contributed by atoms with van der Waals surface area (Å²) in [6.45, 7) is 12.5. The Morgan fingerprint density at radius 3 is 2.45 bits per heavy atom. The van der Waals surface area contributed by atoms with Gasteiger partial charge >= 0.3 is 5.97 Å². The Bertz CT molecular complexity index is 1490. The third kappa shape index (κ3) is 5.72. The number of ether oxygens (including phenoxy) is 1. The Balaban J connectivity index is 1.56. The van der Waals surface area contributed by atoms with Gasteiger partial charge in [0.25, 0.3) is 5.91 Å². The smallest absolute Gasteiger partial charge is 0.344 e. The predicted molar refractivity (Wildman–Crippen MR) is 149 cm³/mol. The molecular weight excluding hydrogens is 478 g/mol. The van der Waals surface area contributed by atoms with Gasteiger partial charge in [0.2, 0.25) is 5.88 Å². The maximum Gasteiger partial charge on any atom is 0.344 e. The number of rotatable bonds is 9. The molecule has 0 saturated heterocycles. The van der Waals surface area contributed by atoms with Crippen LogP contribution in [0.2, 0.25) is 0 Å². The lowest BCUT2D eigenvalue weighted by Crippen LogP contribution is -2.26. The molecule has 0 saturated carbocycles. The molecule has 0 fully saturated rings. The number of carboxylic acid groups (broad SMARTS) is 1. The summed E-state index contributed by atoms with van der Waals surface area (Å²) in [6.07, 6.45) is 0.633. The third-order valence-corrected chi connectivity index (χ3v) is 7.11. The van der Waals surface area contributed by atoms with Crippen LogP contribution in [0.3, 0.4) is 0 Å². The minimum absolute atomic E-state index is 0.109. The van der Waals surface area contributed by atoms with Crippen molar-refractivity contribution in [3.05, 3.63) is 94.3 Å². The van der Waals surface area contributed by atoms with Gasteiger partial charge in [0.15, 0.2) is 6.10 Å². The van der Waals surface area contributed by atoms with E-state index in [-0.39, 0.29) is 17.8 Å². The molecule has 0 aliphatic carbocycles. The highest BCUT2D eigenvalue weighted by Gasteiger charge is 2.18. The van der Waals surface area contributed by atoms with Crippen LogP contribution in [0.4, 0.5) is 0 Å². The summed E-state index contributed by atoms with van der Waals surface area (Å²) in [5, 5.41) is 13.3. The number of nitrogens with one attached hydrogen (secondary N) is 1. The van der Waals surface area contributed by atoms with Crippen LogP contribution in [0.15, 0.2) is 60.8 Å². The second-order valence-corrected chi connectivity index (χ2v) is 10.1. The van der Waals surface area contributed by atoms with E-state index in [0.717, 1.165) is 33.3 Å². The number of carbonyl (C=O) groups excluding carboxylic acids is 1. The molecule has 38 heavy (non-hydrogen) atoms. The van der Waals surface area contributed by atoms with E-state index in [0.29, 0.717) is 18.0 Å². The fourth-order valence-corrected chi connectivity index (χ4v) is 4.57. The van der Waals surface area contributed by atoms with Crippen molar-refractivity contribution in [2.45, 2.75) is 66.2 Å². The number of pyridine rings is 1. The molecule has 7 heteroatoms. The molecule has 2 aromatic heterocycles. The van der Waals surface area contributed by atoms with E-state index in [1.54, 1.807) is 12.3 Å². The molecule has 198 valence electrons. The zero-order valence-corrected chi connectivity index (χ0v) is 22.8. The Hall–Kier alpha value is -4.13. The molecule has 0 radical (unpaired) electrons. The zero-order valence-electron chi connectivity index (χ0n) is 22.8. The molecule has 7 nitrogen and oxygen atoms in total. The first-order valence-corrected chi connectivity index (χ1v) is 12.9. The van der Waals surface area contributed by atoms with Gasteiger partial charge in [-0.05, 0) is 80.1 Å². The highest BCUT2D eigenvalue weighted by Crippen LogP contribution is 2.28. The van der Waals surface area contributed by atoms with E-state index in [1.165, 1.54) is 12.5 Å². The molecule has 4 rings (SSSR count). The van der Waals surface area contributed by atoms with E-state index in [4.69, 9.17) is 9.84 Å². The summed E-state index contributed by atoms with van der Waals surface area (Å²) < 4.78 is 7.62. The Kier molecular flexibility index (Phi) is 7.86. The van der Waals surface area contributed by atoms with Gasteiger partial charge in [-0.25, -0.2) is 9.78 Å². The monoisotopic (exact) mass is 513 g/mol. The minimum atomic E-state index is -1.04. The number of aliphatic carboxylic acids is 1. The second kappa shape index (κ2) is 11.1. The Morgan fingerprint density at radius 2 is 1.74 bits per heavy atom. The van der Waals surface area contributed by atoms with Gasteiger partial charge in [-0.1, -0.05) is 38.1 Å². The standard InChI is InChI=1S/C31H35N3O4/c1-18(2)24-8-7-9-25(15-24)20(4)33-30(35)26-10-11-28-27(16-26)19(3)21(5)34(28)17-23-12-13-32-29(14-23)38-22(6)31(36)37/h7-16,18,20,22H,17H2,1-6H3,(H,33,35)(H,36,37). The minimum Gasteiger partial charge on any atom is -0.479 e. The highest BCUT2D eigenvalue weighted by atomic mass is 16.5. The molecule has 1 amide bonds. The summed E-state index contributed by atoms with van der Waals surface area (Å²) in [7, 11) is 0.